The number of carbonyl (C=O) groups excluding carboxylic acids is 1. The van der Waals surface area contributed by atoms with Crippen LogP contribution in [0.3, 0.4) is 0 Å². The molecule has 0 aromatic rings. The SMILES string of the molecule is CNC(=O)C[C@H]1N[C@H](CO)[C@@H](O)[C@H]1O. The van der Waals surface area contributed by atoms with Crippen LogP contribution in [0.15, 0.2) is 0 Å². The fourth-order valence-electron chi connectivity index (χ4n) is 1.59. The molecular weight excluding hydrogens is 188 g/mol. The quantitative estimate of drug-likeness (QED) is 0.341. The van der Waals surface area contributed by atoms with Crippen LogP contribution >= 0.6 is 0 Å². The van der Waals surface area contributed by atoms with Gasteiger partial charge in [-0.3, -0.25) is 4.79 Å². The van der Waals surface area contributed by atoms with Gasteiger partial charge < -0.3 is 26.0 Å². The smallest absolute Gasteiger partial charge is 0.221 e. The molecular formula is C8H16N2O4. The summed E-state index contributed by atoms with van der Waals surface area (Å²) in [5, 5.41) is 33.0. The lowest BCUT2D eigenvalue weighted by Gasteiger charge is -2.14. The molecule has 1 rings (SSSR count). The van der Waals surface area contributed by atoms with Gasteiger partial charge in [0.25, 0.3) is 0 Å². The van der Waals surface area contributed by atoms with E-state index in [1.807, 2.05) is 0 Å². The summed E-state index contributed by atoms with van der Waals surface area (Å²) in [6.07, 6.45) is -1.94. The Kier molecular flexibility index (Phi) is 3.82. The Balaban J connectivity index is 2.52. The molecule has 0 spiro atoms. The average molecular weight is 204 g/mol. The zero-order valence-electron chi connectivity index (χ0n) is 7.97. The van der Waals surface area contributed by atoms with Crippen molar-refractivity contribution in [1.82, 2.24) is 10.6 Å². The summed E-state index contributed by atoms with van der Waals surface area (Å²) < 4.78 is 0. The normalized spacial score (nSPS) is 37.1. The molecule has 0 aromatic carbocycles. The molecule has 1 aliphatic rings. The van der Waals surface area contributed by atoms with Crippen LogP contribution in [0.4, 0.5) is 0 Å². The van der Waals surface area contributed by atoms with Gasteiger partial charge in [-0.1, -0.05) is 0 Å². The molecule has 0 aliphatic carbocycles. The van der Waals surface area contributed by atoms with Crippen molar-refractivity contribution in [1.29, 1.82) is 0 Å². The third-order valence-corrected chi connectivity index (χ3v) is 2.48. The maximum atomic E-state index is 11.0. The first-order chi connectivity index (χ1) is 6.60. The van der Waals surface area contributed by atoms with Crippen LogP contribution in [0, 0.1) is 0 Å². The lowest BCUT2D eigenvalue weighted by Crippen LogP contribution is -2.38. The number of rotatable bonds is 3. The fourth-order valence-corrected chi connectivity index (χ4v) is 1.59. The van der Waals surface area contributed by atoms with E-state index in [9.17, 15) is 15.0 Å². The summed E-state index contributed by atoms with van der Waals surface area (Å²) in [6.45, 7) is -0.261. The predicted molar refractivity (Wildman–Crippen MR) is 48.5 cm³/mol. The monoisotopic (exact) mass is 204 g/mol. The van der Waals surface area contributed by atoms with Crippen LogP contribution in [0.5, 0.6) is 0 Å². The minimum atomic E-state index is -1.02. The van der Waals surface area contributed by atoms with Gasteiger partial charge in [0.2, 0.25) is 5.91 Å². The molecule has 1 aliphatic heterocycles. The van der Waals surface area contributed by atoms with Gasteiger partial charge in [-0.05, 0) is 0 Å². The van der Waals surface area contributed by atoms with Crippen molar-refractivity contribution < 1.29 is 20.1 Å². The number of hydrogen-bond acceptors (Lipinski definition) is 5. The standard InChI is InChI=1S/C8H16N2O4/c1-9-6(12)2-4-7(13)8(14)5(3-11)10-4/h4-5,7-8,10-11,13-14H,2-3H2,1H3,(H,9,12)/t4-,5-,7+,8-/m1/s1. The number of aliphatic hydroxyl groups is 3. The summed E-state index contributed by atoms with van der Waals surface area (Å²) in [7, 11) is 1.50. The van der Waals surface area contributed by atoms with Gasteiger partial charge in [0.05, 0.1) is 24.9 Å². The molecule has 14 heavy (non-hydrogen) atoms. The highest BCUT2D eigenvalue weighted by atomic mass is 16.3. The van der Waals surface area contributed by atoms with E-state index in [0.29, 0.717) is 0 Å². The molecule has 0 saturated carbocycles. The maximum Gasteiger partial charge on any atom is 0.221 e. The molecule has 0 unspecified atom stereocenters. The third-order valence-electron chi connectivity index (χ3n) is 2.48. The van der Waals surface area contributed by atoms with Crippen LogP contribution in [-0.2, 0) is 4.79 Å². The topological polar surface area (TPSA) is 102 Å². The zero-order chi connectivity index (χ0) is 10.7. The van der Waals surface area contributed by atoms with Crippen LogP contribution in [0.25, 0.3) is 0 Å². The molecule has 5 N–H and O–H groups in total. The first-order valence-corrected chi connectivity index (χ1v) is 4.53. The first kappa shape index (κ1) is 11.4. The molecule has 0 aromatic heterocycles. The van der Waals surface area contributed by atoms with Crippen molar-refractivity contribution in [2.24, 2.45) is 0 Å². The number of aliphatic hydroxyl groups excluding tert-OH is 3. The van der Waals surface area contributed by atoms with E-state index in [4.69, 9.17) is 5.11 Å². The van der Waals surface area contributed by atoms with Crippen molar-refractivity contribution in [2.75, 3.05) is 13.7 Å². The van der Waals surface area contributed by atoms with E-state index >= 15 is 0 Å². The Bertz CT molecular complexity index is 212. The van der Waals surface area contributed by atoms with Gasteiger partial charge in [0, 0.05) is 19.5 Å². The molecule has 0 radical (unpaired) electrons. The molecule has 0 bridgehead atoms. The van der Waals surface area contributed by atoms with E-state index in [0.717, 1.165) is 0 Å². The summed E-state index contributed by atoms with van der Waals surface area (Å²) in [4.78, 5) is 11.0. The van der Waals surface area contributed by atoms with Crippen LogP contribution in [0.2, 0.25) is 0 Å². The lowest BCUT2D eigenvalue weighted by atomic mass is 10.1. The Morgan fingerprint density at radius 3 is 2.36 bits per heavy atom. The fraction of sp³-hybridized carbons (Fsp3) is 0.875. The molecule has 1 amide bonds. The van der Waals surface area contributed by atoms with Crippen LogP contribution < -0.4 is 10.6 Å². The highest BCUT2D eigenvalue weighted by Gasteiger charge is 2.41. The molecule has 82 valence electrons. The Morgan fingerprint density at radius 2 is 1.93 bits per heavy atom. The Hall–Kier alpha value is -0.690. The van der Waals surface area contributed by atoms with Crippen molar-refractivity contribution in [2.45, 2.75) is 30.7 Å². The van der Waals surface area contributed by atoms with E-state index in [1.54, 1.807) is 0 Å². The number of hydrogen-bond donors (Lipinski definition) is 5. The van der Waals surface area contributed by atoms with Gasteiger partial charge in [-0.15, -0.1) is 0 Å². The minimum absolute atomic E-state index is 0.0885. The van der Waals surface area contributed by atoms with Gasteiger partial charge in [0.1, 0.15) is 0 Å². The molecule has 6 nitrogen and oxygen atoms in total. The highest BCUT2D eigenvalue weighted by Crippen LogP contribution is 2.16. The van der Waals surface area contributed by atoms with Crippen LogP contribution in [0.1, 0.15) is 6.42 Å². The third kappa shape index (κ3) is 2.21. The number of nitrogens with one attached hydrogen (secondary N) is 2. The van der Waals surface area contributed by atoms with Crippen molar-refractivity contribution in [3.63, 3.8) is 0 Å². The van der Waals surface area contributed by atoms with Gasteiger partial charge in [-0.2, -0.15) is 0 Å². The lowest BCUT2D eigenvalue weighted by molar-refractivity contribution is -0.121. The second-order valence-electron chi connectivity index (χ2n) is 3.42. The van der Waals surface area contributed by atoms with Crippen molar-refractivity contribution >= 4 is 5.91 Å². The van der Waals surface area contributed by atoms with E-state index < -0.39 is 24.3 Å². The first-order valence-electron chi connectivity index (χ1n) is 4.53. The van der Waals surface area contributed by atoms with Crippen molar-refractivity contribution in [3.8, 4) is 0 Å². The largest absolute Gasteiger partial charge is 0.395 e. The summed E-state index contributed by atoms with van der Waals surface area (Å²) in [5.41, 5.74) is 0. The van der Waals surface area contributed by atoms with Gasteiger partial charge in [0.15, 0.2) is 0 Å². The second kappa shape index (κ2) is 4.70. The Morgan fingerprint density at radius 1 is 1.36 bits per heavy atom. The predicted octanol–water partition coefficient (Wildman–Crippen LogP) is -2.82. The summed E-state index contributed by atoms with van der Waals surface area (Å²) >= 11 is 0. The van der Waals surface area contributed by atoms with Crippen molar-refractivity contribution in [3.05, 3.63) is 0 Å². The molecule has 1 saturated heterocycles. The van der Waals surface area contributed by atoms with Gasteiger partial charge in [-0.25, -0.2) is 0 Å². The highest BCUT2D eigenvalue weighted by molar-refractivity contribution is 5.76. The van der Waals surface area contributed by atoms with E-state index in [1.165, 1.54) is 7.05 Å². The van der Waals surface area contributed by atoms with E-state index in [2.05, 4.69) is 10.6 Å². The Labute approximate surface area is 81.9 Å². The molecule has 4 atom stereocenters. The molecule has 6 heteroatoms. The second-order valence-corrected chi connectivity index (χ2v) is 3.42. The maximum absolute atomic E-state index is 11.0. The number of carbonyl (C=O) groups is 1. The summed E-state index contributed by atoms with van der Waals surface area (Å²) in [6, 6.07) is -1.05. The van der Waals surface area contributed by atoms with Crippen LogP contribution in [-0.4, -0.2) is 59.2 Å². The number of amides is 1. The molecule has 1 fully saturated rings. The molecule has 1 heterocycles. The zero-order valence-corrected chi connectivity index (χ0v) is 7.97. The average Bonchev–Trinajstić information content (AvgIpc) is 2.45. The van der Waals surface area contributed by atoms with Gasteiger partial charge >= 0.3 is 0 Å². The minimum Gasteiger partial charge on any atom is -0.395 e. The summed E-state index contributed by atoms with van der Waals surface area (Å²) in [5.74, 6) is -0.215. The van der Waals surface area contributed by atoms with E-state index in [-0.39, 0.29) is 18.9 Å².